The Hall–Kier alpha value is -1.63. The molecule has 46 heavy (non-hydrogen) atoms. The van der Waals surface area contributed by atoms with Crippen LogP contribution in [0, 0.1) is 0 Å². The van der Waals surface area contributed by atoms with Crippen molar-refractivity contribution in [1.29, 1.82) is 0 Å². The summed E-state index contributed by atoms with van der Waals surface area (Å²) in [6, 6.07) is -0.664. The first kappa shape index (κ1) is 44.4. The van der Waals surface area contributed by atoms with E-state index in [9.17, 15) is 14.4 Å². The molecule has 0 bridgehead atoms. The third-order valence-corrected chi connectivity index (χ3v) is 8.92. The maximum absolute atomic E-state index is 12.5. The Balaban J connectivity index is 3.82. The highest BCUT2D eigenvalue weighted by molar-refractivity contribution is 5.81. The molecule has 0 rings (SSSR count). The molecule has 0 spiro atoms. The smallest absolute Gasteiger partial charge is 0.305 e. The fraction of sp³-hybridized carbons (Fsp3) is 0.923. The summed E-state index contributed by atoms with van der Waals surface area (Å²) in [5.41, 5.74) is 5.82. The second kappa shape index (κ2) is 34.7. The van der Waals surface area contributed by atoms with Crippen molar-refractivity contribution in [2.45, 2.75) is 207 Å². The number of hydrogen-bond acceptors (Lipinski definition) is 6. The molecule has 272 valence electrons. The normalized spacial score (nSPS) is 11.8. The number of esters is 2. The Morgan fingerprint density at radius 2 is 0.739 bits per heavy atom. The van der Waals surface area contributed by atoms with Gasteiger partial charge in [-0.25, -0.2) is 0 Å². The first-order valence-corrected chi connectivity index (χ1v) is 19.8. The molecule has 0 aliphatic carbocycles. The highest BCUT2D eigenvalue weighted by Gasteiger charge is 2.18. The molecule has 7 heteroatoms. The lowest BCUT2D eigenvalue weighted by atomic mass is 10.0. The molecule has 0 heterocycles. The summed E-state index contributed by atoms with van der Waals surface area (Å²) in [6.45, 7) is 6.91. The number of carbonyl (C=O) groups excluding carboxylic acids is 3. The fourth-order valence-electron chi connectivity index (χ4n) is 5.88. The molecule has 1 atom stereocenters. The van der Waals surface area contributed by atoms with Gasteiger partial charge in [-0.3, -0.25) is 14.4 Å². The Bertz CT molecular complexity index is 652. The van der Waals surface area contributed by atoms with Gasteiger partial charge in [0.2, 0.25) is 5.91 Å². The summed E-state index contributed by atoms with van der Waals surface area (Å²) in [4.78, 5) is 38.4. The van der Waals surface area contributed by atoms with Gasteiger partial charge in [0, 0.05) is 12.8 Å². The Morgan fingerprint density at radius 1 is 0.478 bits per heavy atom. The number of nitrogens with zero attached hydrogens (tertiary/aromatic N) is 1. The minimum absolute atomic E-state index is 0.128. The third kappa shape index (κ3) is 31.0. The lowest BCUT2D eigenvalue weighted by molar-refractivity contribution is -0.148. The summed E-state index contributed by atoms with van der Waals surface area (Å²) in [5, 5.41) is 0. The van der Waals surface area contributed by atoms with Crippen molar-refractivity contribution in [1.82, 2.24) is 4.90 Å². The average Bonchev–Trinajstić information content (AvgIpc) is 3.04. The van der Waals surface area contributed by atoms with Gasteiger partial charge >= 0.3 is 11.9 Å². The number of amides is 1. The summed E-state index contributed by atoms with van der Waals surface area (Å²) >= 11 is 0. The minimum Gasteiger partial charge on any atom is -0.464 e. The maximum atomic E-state index is 12.5. The molecule has 0 saturated heterocycles. The molecular weight excluding hydrogens is 576 g/mol. The second-order valence-corrected chi connectivity index (χ2v) is 13.5. The van der Waals surface area contributed by atoms with Crippen LogP contribution < -0.4 is 5.73 Å². The molecule has 0 aromatic heterocycles. The van der Waals surface area contributed by atoms with Crippen LogP contribution in [0.5, 0.6) is 0 Å². The Labute approximate surface area is 284 Å². The first-order chi connectivity index (χ1) is 22.4. The van der Waals surface area contributed by atoms with E-state index < -0.39 is 6.04 Å². The lowest BCUT2D eigenvalue weighted by Gasteiger charge is -2.24. The van der Waals surface area contributed by atoms with Crippen LogP contribution in [0.15, 0.2) is 0 Å². The average molecular weight is 653 g/mol. The Kier molecular flexibility index (Phi) is 33.5. The van der Waals surface area contributed by atoms with E-state index in [-0.39, 0.29) is 44.1 Å². The van der Waals surface area contributed by atoms with E-state index in [4.69, 9.17) is 15.2 Å². The molecular formula is C39H76N2O5. The molecule has 0 radical (unpaired) electrons. The van der Waals surface area contributed by atoms with Crippen LogP contribution in [0.1, 0.15) is 201 Å². The third-order valence-electron chi connectivity index (χ3n) is 8.92. The SMILES string of the molecule is CCCCCCCCCCCCCCCC(=O)OCCN(CCOC(=O)CCCCCCCCCCCCCCC)C(=O)C(C)N. The van der Waals surface area contributed by atoms with E-state index in [1.165, 1.54) is 146 Å². The van der Waals surface area contributed by atoms with Gasteiger partial charge in [-0.15, -0.1) is 0 Å². The van der Waals surface area contributed by atoms with Crippen LogP contribution in [0.3, 0.4) is 0 Å². The number of ether oxygens (including phenoxy) is 2. The fourth-order valence-corrected chi connectivity index (χ4v) is 5.88. The predicted octanol–water partition coefficient (Wildman–Crippen LogP) is 10.2. The zero-order valence-electron chi connectivity index (χ0n) is 30.8. The lowest BCUT2D eigenvalue weighted by Crippen LogP contribution is -2.45. The van der Waals surface area contributed by atoms with Crippen LogP contribution >= 0.6 is 0 Å². The second-order valence-electron chi connectivity index (χ2n) is 13.5. The van der Waals surface area contributed by atoms with Gasteiger partial charge in [0.05, 0.1) is 19.1 Å². The van der Waals surface area contributed by atoms with Crippen molar-refractivity contribution in [2.75, 3.05) is 26.3 Å². The van der Waals surface area contributed by atoms with Crippen LogP contribution in [-0.4, -0.2) is 55.1 Å². The molecule has 1 unspecified atom stereocenters. The van der Waals surface area contributed by atoms with Crippen LogP contribution in [0.2, 0.25) is 0 Å². The molecule has 0 saturated carbocycles. The molecule has 0 aromatic carbocycles. The van der Waals surface area contributed by atoms with Crippen molar-refractivity contribution in [3.05, 3.63) is 0 Å². The Morgan fingerprint density at radius 3 is 1.00 bits per heavy atom. The summed E-state index contributed by atoms with van der Waals surface area (Å²) in [5.74, 6) is -0.680. The molecule has 0 aliphatic rings. The van der Waals surface area contributed by atoms with Crippen LogP contribution in [-0.2, 0) is 23.9 Å². The monoisotopic (exact) mass is 653 g/mol. The molecule has 0 aliphatic heterocycles. The molecule has 2 N–H and O–H groups in total. The molecule has 7 nitrogen and oxygen atoms in total. The number of nitrogens with two attached hydrogens (primary N) is 1. The van der Waals surface area contributed by atoms with E-state index in [1.807, 2.05) is 0 Å². The van der Waals surface area contributed by atoms with E-state index in [0.717, 1.165) is 25.7 Å². The van der Waals surface area contributed by atoms with Gasteiger partial charge in [0.15, 0.2) is 0 Å². The zero-order valence-corrected chi connectivity index (χ0v) is 30.8. The van der Waals surface area contributed by atoms with Gasteiger partial charge < -0.3 is 20.1 Å². The van der Waals surface area contributed by atoms with E-state index in [1.54, 1.807) is 6.92 Å². The van der Waals surface area contributed by atoms with Gasteiger partial charge in [0.25, 0.3) is 0 Å². The van der Waals surface area contributed by atoms with E-state index in [2.05, 4.69) is 13.8 Å². The van der Waals surface area contributed by atoms with Crippen molar-refractivity contribution in [2.24, 2.45) is 5.73 Å². The number of hydrogen-bond donors (Lipinski definition) is 1. The number of rotatable bonds is 35. The van der Waals surface area contributed by atoms with E-state index in [0.29, 0.717) is 12.8 Å². The summed E-state index contributed by atoms with van der Waals surface area (Å²) < 4.78 is 10.8. The van der Waals surface area contributed by atoms with Gasteiger partial charge in [-0.2, -0.15) is 0 Å². The van der Waals surface area contributed by atoms with Gasteiger partial charge in [-0.1, -0.05) is 168 Å². The molecule has 0 fully saturated rings. The minimum atomic E-state index is -0.664. The molecule has 1 amide bonds. The quantitative estimate of drug-likeness (QED) is 0.0540. The predicted molar refractivity (Wildman–Crippen MR) is 193 cm³/mol. The highest BCUT2D eigenvalue weighted by Crippen LogP contribution is 2.14. The van der Waals surface area contributed by atoms with Crippen molar-refractivity contribution >= 4 is 17.8 Å². The number of unbranched alkanes of at least 4 members (excludes halogenated alkanes) is 24. The highest BCUT2D eigenvalue weighted by atomic mass is 16.5. The summed E-state index contributed by atoms with van der Waals surface area (Å²) in [6.07, 6.45) is 33.8. The summed E-state index contributed by atoms with van der Waals surface area (Å²) in [7, 11) is 0. The van der Waals surface area contributed by atoms with Crippen LogP contribution in [0.4, 0.5) is 0 Å². The number of carbonyl (C=O) groups is 3. The van der Waals surface area contributed by atoms with Crippen LogP contribution in [0.25, 0.3) is 0 Å². The molecule has 0 aromatic rings. The largest absolute Gasteiger partial charge is 0.464 e. The van der Waals surface area contributed by atoms with Crippen molar-refractivity contribution in [3.63, 3.8) is 0 Å². The topological polar surface area (TPSA) is 98.9 Å². The van der Waals surface area contributed by atoms with Crippen molar-refractivity contribution in [3.8, 4) is 0 Å². The van der Waals surface area contributed by atoms with Crippen molar-refractivity contribution < 1.29 is 23.9 Å². The standard InChI is InChI=1S/C39H76N2O5/c1-4-6-8-10-12-14-16-18-20-22-24-26-28-30-37(42)45-34-32-41(39(44)36(3)40)33-35-46-38(43)31-29-27-25-23-21-19-17-15-13-11-9-7-5-2/h36H,4-35,40H2,1-3H3. The van der Waals surface area contributed by atoms with Gasteiger partial charge in [-0.05, 0) is 19.8 Å². The first-order valence-electron chi connectivity index (χ1n) is 19.8. The zero-order chi connectivity index (χ0) is 33.9. The maximum Gasteiger partial charge on any atom is 0.305 e. The van der Waals surface area contributed by atoms with E-state index >= 15 is 0 Å². The van der Waals surface area contributed by atoms with Gasteiger partial charge in [0.1, 0.15) is 13.2 Å².